The van der Waals surface area contributed by atoms with Gasteiger partial charge in [-0.15, -0.1) is 0 Å². The summed E-state index contributed by atoms with van der Waals surface area (Å²) in [6.45, 7) is 5.28. The molecule has 1 amide bonds. The summed E-state index contributed by atoms with van der Waals surface area (Å²) in [7, 11) is 0. The van der Waals surface area contributed by atoms with Crippen molar-refractivity contribution in [3.8, 4) is 0 Å². The summed E-state index contributed by atoms with van der Waals surface area (Å²) in [5.41, 5.74) is 1.10. The van der Waals surface area contributed by atoms with Crippen molar-refractivity contribution in [3.63, 3.8) is 0 Å². The number of morpholine rings is 1. The van der Waals surface area contributed by atoms with Crippen LogP contribution in [-0.4, -0.2) is 41.7 Å². The lowest BCUT2D eigenvalue weighted by atomic mass is 10.0. The van der Waals surface area contributed by atoms with Gasteiger partial charge in [-0.05, 0) is 11.5 Å². The summed E-state index contributed by atoms with van der Waals surface area (Å²) in [6, 6.07) is 10.0. The zero-order valence-corrected chi connectivity index (χ0v) is 12.2. The molecule has 0 aliphatic carbocycles. The molecule has 20 heavy (non-hydrogen) atoms. The first-order chi connectivity index (χ1) is 9.61. The number of aliphatic hydroxyl groups is 1. The molecule has 1 N–H and O–H groups in total. The molecule has 1 aliphatic rings. The predicted molar refractivity (Wildman–Crippen MR) is 77.2 cm³/mol. The summed E-state index contributed by atoms with van der Waals surface area (Å²) in [6.07, 6.45) is 0.142. The van der Waals surface area contributed by atoms with Gasteiger partial charge in [0.2, 0.25) is 5.91 Å². The molecule has 0 spiro atoms. The molecule has 1 fully saturated rings. The Kier molecular flexibility index (Phi) is 5.15. The highest BCUT2D eigenvalue weighted by Gasteiger charge is 2.32. The number of hydrogen-bond donors (Lipinski definition) is 1. The van der Waals surface area contributed by atoms with Gasteiger partial charge >= 0.3 is 0 Å². The van der Waals surface area contributed by atoms with Crippen molar-refractivity contribution in [1.82, 2.24) is 4.90 Å². The van der Waals surface area contributed by atoms with Gasteiger partial charge in [0.15, 0.2) is 0 Å². The Balaban J connectivity index is 2.14. The largest absolute Gasteiger partial charge is 0.396 e. The number of hydrogen-bond acceptors (Lipinski definition) is 3. The summed E-state index contributed by atoms with van der Waals surface area (Å²) in [5, 5.41) is 8.95. The lowest BCUT2D eigenvalue weighted by molar-refractivity contribution is -0.150. The minimum Gasteiger partial charge on any atom is -0.396 e. The van der Waals surface area contributed by atoms with Crippen LogP contribution in [0.5, 0.6) is 0 Å². The molecule has 4 heteroatoms. The molecule has 1 aromatic rings. The quantitative estimate of drug-likeness (QED) is 0.915. The highest BCUT2D eigenvalue weighted by molar-refractivity contribution is 5.76. The number of ether oxygens (including phenoxy) is 1. The molecule has 1 aliphatic heterocycles. The minimum atomic E-state index is -0.0987. The summed E-state index contributed by atoms with van der Waals surface area (Å²) >= 11 is 0. The molecule has 0 bridgehead atoms. The van der Waals surface area contributed by atoms with Crippen molar-refractivity contribution in [2.24, 2.45) is 5.92 Å². The van der Waals surface area contributed by atoms with Crippen LogP contribution in [0.2, 0.25) is 0 Å². The SMILES string of the molecule is CC(C)[C@H]1CN(C(=O)CCO)C[C@@H](c2ccccc2)O1. The van der Waals surface area contributed by atoms with Crippen molar-refractivity contribution in [2.75, 3.05) is 19.7 Å². The number of carbonyl (C=O) groups is 1. The first kappa shape index (κ1) is 15.0. The van der Waals surface area contributed by atoms with E-state index in [2.05, 4.69) is 13.8 Å². The molecule has 0 saturated carbocycles. The van der Waals surface area contributed by atoms with Crippen LogP contribution in [0.15, 0.2) is 30.3 Å². The molecule has 1 aromatic carbocycles. The van der Waals surface area contributed by atoms with Gasteiger partial charge in [-0.3, -0.25) is 4.79 Å². The van der Waals surface area contributed by atoms with Crippen LogP contribution in [0.25, 0.3) is 0 Å². The topological polar surface area (TPSA) is 49.8 Å². The van der Waals surface area contributed by atoms with Gasteiger partial charge in [0.05, 0.1) is 19.3 Å². The van der Waals surface area contributed by atoms with E-state index in [4.69, 9.17) is 9.84 Å². The highest BCUT2D eigenvalue weighted by Crippen LogP contribution is 2.28. The minimum absolute atomic E-state index is 0.00220. The van der Waals surface area contributed by atoms with Crippen LogP contribution in [0.3, 0.4) is 0 Å². The fourth-order valence-electron chi connectivity index (χ4n) is 2.47. The van der Waals surface area contributed by atoms with Crippen LogP contribution in [0.1, 0.15) is 31.9 Å². The van der Waals surface area contributed by atoms with E-state index in [-0.39, 0.29) is 31.1 Å². The Labute approximate surface area is 120 Å². The van der Waals surface area contributed by atoms with Gasteiger partial charge in [-0.1, -0.05) is 44.2 Å². The molecule has 1 saturated heterocycles. The molecule has 4 nitrogen and oxygen atoms in total. The molecule has 0 radical (unpaired) electrons. The Morgan fingerprint density at radius 1 is 1.35 bits per heavy atom. The number of aliphatic hydroxyl groups excluding tert-OH is 1. The molecule has 1 heterocycles. The second-order valence-electron chi connectivity index (χ2n) is 5.59. The van der Waals surface area contributed by atoms with E-state index in [0.29, 0.717) is 19.0 Å². The van der Waals surface area contributed by atoms with Crippen molar-refractivity contribution in [3.05, 3.63) is 35.9 Å². The summed E-state index contributed by atoms with van der Waals surface area (Å²) in [4.78, 5) is 13.9. The van der Waals surface area contributed by atoms with Gasteiger partial charge < -0.3 is 14.7 Å². The lowest BCUT2D eigenvalue weighted by Crippen LogP contribution is -2.48. The third-order valence-corrected chi connectivity index (χ3v) is 3.72. The van der Waals surface area contributed by atoms with Gasteiger partial charge in [0.1, 0.15) is 6.10 Å². The fourth-order valence-corrected chi connectivity index (χ4v) is 2.47. The molecular formula is C16H23NO3. The van der Waals surface area contributed by atoms with Crippen molar-refractivity contribution >= 4 is 5.91 Å². The molecule has 2 rings (SSSR count). The Bertz CT molecular complexity index is 433. The number of benzene rings is 1. The Hall–Kier alpha value is -1.39. The van der Waals surface area contributed by atoms with E-state index >= 15 is 0 Å². The zero-order chi connectivity index (χ0) is 14.5. The second-order valence-corrected chi connectivity index (χ2v) is 5.59. The van der Waals surface area contributed by atoms with E-state index in [1.807, 2.05) is 35.2 Å². The van der Waals surface area contributed by atoms with E-state index in [0.717, 1.165) is 5.56 Å². The number of nitrogens with zero attached hydrogens (tertiary/aromatic N) is 1. The van der Waals surface area contributed by atoms with Crippen LogP contribution in [-0.2, 0) is 9.53 Å². The molecular weight excluding hydrogens is 254 g/mol. The first-order valence-corrected chi connectivity index (χ1v) is 7.21. The highest BCUT2D eigenvalue weighted by atomic mass is 16.5. The molecule has 2 atom stereocenters. The Morgan fingerprint density at radius 2 is 2.05 bits per heavy atom. The first-order valence-electron chi connectivity index (χ1n) is 7.21. The maximum atomic E-state index is 12.1. The standard InChI is InChI=1S/C16H23NO3/c1-12(2)14-10-17(16(19)8-9-18)11-15(20-14)13-6-4-3-5-7-13/h3-7,12,14-15,18H,8-11H2,1-2H3/t14-,15+/m1/s1. The van der Waals surface area contributed by atoms with Crippen LogP contribution in [0.4, 0.5) is 0 Å². The Morgan fingerprint density at radius 3 is 2.65 bits per heavy atom. The maximum absolute atomic E-state index is 12.1. The van der Waals surface area contributed by atoms with E-state index in [1.54, 1.807) is 0 Å². The van der Waals surface area contributed by atoms with Gasteiger partial charge in [-0.25, -0.2) is 0 Å². The molecule has 0 unspecified atom stereocenters. The predicted octanol–water partition coefficient (Wildman–Crippen LogP) is 1.99. The number of carbonyl (C=O) groups excluding carboxylic acids is 1. The smallest absolute Gasteiger partial charge is 0.225 e. The van der Waals surface area contributed by atoms with Crippen LogP contribution < -0.4 is 0 Å². The van der Waals surface area contributed by atoms with Crippen LogP contribution in [0, 0.1) is 5.92 Å². The van der Waals surface area contributed by atoms with E-state index in [1.165, 1.54) is 0 Å². The fraction of sp³-hybridized carbons (Fsp3) is 0.562. The zero-order valence-electron chi connectivity index (χ0n) is 12.2. The average Bonchev–Trinajstić information content (AvgIpc) is 2.48. The average molecular weight is 277 g/mol. The monoisotopic (exact) mass is 277 g/mol. The normalized spacial score (nSPS) is 23.1. The van der Waals surface area contributed by atoms with E-state index in [9.17, 15) is 4.79 Å². The van der Waals surface area contributed by atoms with Gasteiger partial charge in [0.25, 0.3) is 0 Å². The van der Waals surface area contributed by atoms with Crippen molar-refractivity contribution in [1.29, 1.82) is 0 Å². The third-order valence-electron chi connectivity index (χ3n) is 3.72. The third kappa shape index (κ3) is 3.58. The molecule has 0 aromatic heterocycles. The number of rotatable bonds is 4. The van der Waals surface area contributed by atoms with Crippen molar-refractivity contribution < 1.29 is 14.6 Å². The summed E-state index contributed by atoms with van der Waals surface area (Å²) < 4.78 is 6.14. The lowest BCUT2D eigenvalue weighted by Gasteiger charge is -2.40. The van der Waals surface area contributed by atoms with Crippen LogP contribution >= 0.6 is 0 Å². The van der Waals surface area contributed by atoms with E-state index < -0.39 is 0 Å². The number of amides is 1. The maximum Gasteiger partial charge on any atom is 0.225 e. The summed E-state index contributed by atoms with van der Waals surface area (Å²) in [5.74, 6) is 0.355. The van der Waals surface area contributed by atoms with Gasteiger partial charge in [-0.2, -0.15) is 0 Å². The second kappa shape index (κ2) is 6.86. The van der Waals surface area contributed by atoms with Gasteiger partial charge in [0, 0.05) is 13.0 Å². The molecule has 110 valence electrons. The van der Waals surface area contributed by atoms with Crippen molar-refractivity contribution in [2.45, 2.75) is 32.5 Å².